The van der Waals surface area contributed by atoms with Crippen molar-refractivity contribution in [2.75, 3.05) is 26.3 Å². The van der Waals surface area contributed by atoms with E-state index >= 15 is 0 Å². The second-order valence-corrected chi connectivity index (χ2v) is 4.57. The van der Waals surface area contributed by atoms with Gasteiger partial charge in [0.05, 0.1) is 6.54 Å². The molecule has 0 aromatic rings. The van der Waals surface area contributed by atoms with Crippen molar-refractivity contribution >= 4 is 22.0 Å². The van der Waals surface area contributed by atoms with Gasteiger partial charge in [0.1, 0.15) is 0 Å². The Bertz CT molecular complexity index is 210. The van der Waals surface area contributed by atoms with Crippen LogP contribution in [0.1, 0.15) is 26.2 Å². The summed E-state index contributed by atoms with van der Waals surface area (Å²) in [7, 11) is 0. The Kier molecular flexibility index (Phi) is 10.6. The highest BCUT2D eigenvalue weighted by molar-refractivity contribution is 9.11. The molecule has 5 heteroatoms. The van der Waals surface area contributed by atoms with E-state index in [-0.39, 0.29) is 6.03 Å². The number of amides is 2. The van der Waals surface area contributed by atoms with Crippen molar-refractivity contribution in [3.8, 4) is 0 Å². The Morgan fingerprint density at radius 3 is 2.62 bits per heavy atom. The lowest BCUT2D eigenvalue weighted by Gasteiger charge is -2.07. The molecular weight excluding hydrogens is 272 g/mol. The van der Waals surface area contributed by atoms with Gasteiger partial charge in [-0.3, -0.25) is 0 Å². The molecule has 0 unspecified atom stereocenters. The summed E-state index contributed by atoms with van der Waals surface area (Å²) in [4.78, 5) is 11.2. The van der Waals surface area contributed by atoms with Gasteiger partial charge < -0.3 is 15.4 Å². The molecule has 0 aromatic carbocycles. The number of rotatable bonds is 9. The summed E-state index contributed by atoms with van der Waals surface area (Å²) in [5.74, 6) is 0. The van der Waals surface area contributed by atoms with E-state index in [0.717, 1.165) is 30.4 Å². The minimum atomic E-state index is -0.172. The van der Waals surface area contributed by atoms with Crippen LogP contribution in [0.25, 0.3) is 0 Å². The summed E-state index contributed by atoms with van der Waals surface area (Å²) < 4.78 is 6.12. The summed E-state index contributed by atoms with van der Waals surface area (Å²) >= 11 is 3.16. The standard InChI is InChI=1S/C11H21BrN2O2/c1-3-4-7-16-8-5-6-13-11(15)14-9-10(2)12/h2-9H2,1H3,(H2,13,14,15). The van der Waals surface area contributed by atoms with Gasteiger partial charge in [-0.2, -0.15) is 0 Å². The predicted octanol–water partition coefficient (Wildman–Crippen LogP) is 2.40. The zero-order valence-electron chi connectivity index (χ0n) is 9.85. The van der Waals surface area contributed by atoms with Crippen LogP contribution < -0.4 is 10.6 Å². The van der Waals surface area contributed by atoms with E-state index in [2.05, 4.69) is 40.1 Å². The Labute approximate surface area is 106 Å². The van der Waals surface area contributed by atoms with Crippen LogP contribution in [0, 0.1) is 0 Å². The summed E-state index contributed by atoms with van der Waals surface area (Å²) in [6.45, 7) is 8.34. The zero-order valence-corrected chi connectivity index (χ0v) is 11.4. The number of carbonyl (C=O) groups is 1. The molecule has 0 saturated carbocycles. The van der Waals surface area contributed by atoms with Gasteiger partial charge in [0, 0.05) is 24.2 Å². The minimum absolute atomic E-state index is 0.172. The number of ether oxygens (including phenoxy) is 1. The fraction of sp³-hybridized carbons (Fsp3) is 0.727. The normalized spacial score (nSPS) is 9.88. The van der Waals surface area contributed by atoms with Gasteiger partial charge in [-0.15, -0.1) is 0 Å². The molecule has 0 rings (SSSR count). The molecule has 0 aliphatic rings. The average Bonchev–Trinajstić information content (AvgIpc) is 2.25. The van der Waals surface area contributed by atoms with Gasteiger partial charge in [0.25, 0.3) is 0 Å². The van der Waals surface area contributed by atoms with Crippen LogP contribution in [0.2, 0.25) is 0 Å². The predicted molar refractivity (Wildman–Crippen MR) is 69.8 cm³/mol. The third-order valence-corrected chi connectivity index (χ3v) is 2.11. The molecule has 4 nitrogen and oxygen atoms in total. The first-order valence-electron chi connectivity index (χ1n) is 5.59. The van der Waals surface area contributed by atoms with Gasteiger partial charge >= 0.3 is 6.03 Å². The first-order chi connectivity index (χ1) is 7.66. The molecule has 0 saturated heterocycles. The lowest BCUT2D eigenvalue weighted by molar-refractivity contribution is 0.129. The Hall–Kier alpha value is -0.550. The second kappa shape index (κ2) is 11.0. The molecule has 0 spiro atoms. The average molecular weight is 293 g/mol. The number of halogens is 1. The van der Waals surface area contributed by atoms with Gasteiger partial charge in [-0.25, -0.2) is 4.79 Å². The molecule has 0 bridgehead atoms. The van der Waals surface area contributed by atoms with Crippen LogP contribution in [0.4, 0.5) is 4.79 Å². The monoisotopic (exact) mass is 292 g/mol. The molecule has 0 atom stereocenters. The summed E-state index contributed by atoms with van der Waals surface area (Å²) in [6.07, 6.45) is 3.09. The van der Waals surface area contributed by atoms with Crippen LogP contribution in [0.5, 0.6) is 0 Å². The highest BCUT2D eigenvalue weighted by Crippen LogP contribution is 1.96. The molecule has 0 aromatic heterocycles. The molecule has 16 heavy (non-hydrogen) atoms. The van der Waals surface area contributed by atoms with Gasteiger partial charge in [-0.1, -0.05) is 35.9 Å². The number of urea groups is 1. The fourth-order valence-electron chi connectivity index (χ4n) is 0.963. The lowest BCUT2D eigenvalue weighted by Crippen LogP contribution is -2.36. The Morgan fingerprint density at radius 2 is 2.00 bits per heavy atom. The van der Waals surface area contributed by atoms with Crippen LogP contribution in [-0.2, 0) is 4.74 Å². The molecule has 94 valence electrons. The van der Waals surface area contributed by atoms with Crippen molar-refractivity contribution in [2.24, 2.45) is 0 Å². The number of carbonyl (C=O) groups excluding carboxylic acids is 1. The maximum atomic E-state index is 11.2. The van der Waals surface area contributed by atoms with Crippen molar-refractivity contribution in [1.82, 2.24) is 10.6 Å². The van der Waals surface area contributed by atoms with Crippen molar-refractivity contribution < 1.29 is 9.53 Å². The summed E-state index contributed by atoms with van der Waals surface area (Å²) in [5.41, 5.74) is 0. The van der Waals surface area contributed by atoms with E-state index in [9.17, 15) is 4.79 Å². The molecule has 0 aliphatic heterocycles. The SMILES string of the molecule is C=C(Br)CNC(=O)NCCCOCCCC. The molecule has 0 heterocycles. The largest absolute Gasteiger partial charge is 0.381 e. The third-order valence-electron chi connectivity index (χ3n) is 1.83. The Balaban J connectivity index is 3.18. The Morgan fingerprint density at radius 1 is 1.31 bits per heavy atom. The fourth-order valence-corrected chi connectivity index (χ4v) is 1.10. The van der Waals surface area contributed by atoms with E-state index in [0.29, 0.717) is 19.7 Å². The highest BCUT2D eigenvalue weighted by Gasteiger charge is 1.98. The first-order valence-corrected chi connectivity index (χ1v) is 6.38. The zero-order chi connectivity index (χ0) is 12.2. The number of unbranched alkanes of at least 4 members (excludes halogenated alkanes) is 1. The maximum absolute atomic E-state index is 11.2. The van der Waals surface area contributed by atoms with Crippen molar-refractivity contribution in [3.63, 3.8) is 0 Å². The molecule has 2 N–H and O–H groups in total. The second-order valence-electron chi connectivity index (χ2n) is 3.45. The number of nitrogens with one attached hydrogen (secondary N) is 2. The molecular formula is C11H21BrN2O2. The quantitative estimate of drug-likeness (QED) is 0.641. The van der Waals surface area contributed by atoms with Crippen molar-refractivity contribution in [1.29, 1.82) is 0 Å². The van der Waals surface area contributed by atoms with E-state index in [1.165, 1.54) is 0 Å². The molecule has 0 fully saturated rings. The highest BCUT2D eigenvalue weighted by atomic mass is 79.9. The van der Waals surface area contributed by atoms with Crippen LogP contribution in [0.3, 0.4) is 0 Å². The molecule has 0 aliphatic carbocycles. The number of hydrogen-bond acceptors (Lipinski definition) is 2. The first kappa shape index (κ1) is 15.4. The summed E-state index contributed by atoms with van der Waals surface area (Å²) in [6, 6.07) is -0.172. The molecule has 0 radical (unpaired) electrons. The van der Waals surface area contributed by atoms with Gasteiger partial charge in [-0.05, 0) is 12.8 Å². The van der Waals surface area contributed by atoms with E-state index in [4.69, 9.17) is 4.74 Å². The summed E-state index contributed by atoms with van der Waals surface area (Å²) in [5, 5.41) is 5.39. The smallest absolute Gasteiger partial charge is 0.315 e. The van der Waals surface area contributed by atoms with E-state index in [1.807, 2.05) is 0 Å². The number of hydrogen-bond donors (Lipinski definition) is 2. The van der Waals surface area contributed by atoms with Crippen LogP contribution in [0.15, 0.2) is 11.1 Å². The lowest BCUT2D eigenvalue weighted by atomic mass is 10.4. The van der Waals surface area contributed by atoms with Gasteiger partial charge in [0.2, 0.25) is 0 Å². The maximum Gasteiger partial charge on any atom is 0.315 e. The third kappa shape index (κ3) is 11.5. The van der Waals surface area contributed by atoms with Crippen molar-refractivity contribution in [3.05, 3.63) is 11.1 Å². The minimum Gasteiger partial charge on any atom is -0.381 e. The van der Waals surface area contributed by atoms with Crippen molar-refractivity contribution in [2.45, 2.75) is 26.2 Å². The topological polar surface area (TPSA) is 50.4 Å². The van der Waals surface area contributed by atoms with E-state index < -0.39 is 0 Å². The van der Waals surface area contributed by atoms with Crippen LogP contribution >= 0.6 is 15.9 Å². The molecule has 2 amide bonds. The van der Waals surface area contributed by atoms with Gasteiger partial charge in [0.15, 0.2) is 0 Å². The van der Waals surface area contributed by atoms with Crippen LogP contribution in [-0.4, -0.2) is 32.3 Å². The van der Waals surface area contributed by atoms with E-state index in [1.54, 1.807) is 0 Å².